The van der Waals surface area contributed by atoms with Gasteiger partial charge in [0.05, 0.1) is 51.6 Å². The van der Waals surface area contributed by atoms with Gasteiger partial charge in [0.25, 0.3) is 5.69 Å². The van der Waals surface area contributed by atoms with E-state index in [1.165, 1.54) is 36.3 Å². The molecule has 12 heteroatoms. The number of fused-ring (bicyclic) bond motifs is 4. The van der Waals surface area contributed by atoms with Gasteiger partial charge in [-0.25, -0.2) is 9.80 Å². The largest absolute Gasteiger partial charge is 0.503 e. The van der Waals surface area contributed by atoms with E-state index in [-0.39, 0.29) is 40.7 Å². The normalized spacial score (nSPS) is 28.5. The number of aromatic hydroxyl groups is 1. The minimum absolute atomic E-state index is 0.00781. The van der Waals surface area contributed by atoms with Gasteiger partial charge in [-0.1, -0.05) is 47.5 Å². The van der Waals surface area contributed by atoms with Crippen LogP contribution >= 0.6 is 11.6 Å². The number of non-ortho nitro benzene ring substituents is 1. The van der Waals surface area contributed by atoms with Crippen LogP contribution in [0.2, 0.25) is 5.02 Å². The van der Waals surface area contributed by atoms with Crippen LogP contribution in [0.25, 0.3) is 0 Å². The number of allylic oxidation sites excluding steroid dienone is 2. The maximum absolute atomic E-state index is 14.5. The fourth-order valence-corrected chi connectivity index (χ4v) is 8.35. The number of methoxy groups -OCH3 is 1. The van der Waals surface area contributed by atoms with E-state index in [0.29, 0.717) is 11.3 Å². The van der Waals surface area contributed by atoms with E-state index in [0.717, 1.165) is 10.5 Å². The number of nitrogens with zero attached hydrogens (tertiary/aromatic N) is 3. The van der Waals surface area contributed by atoms with Gasteiger partial charge < -0.3 is 9.84 Å². The van der Waals surface area contributed by atoms with E-state index in [2.05, 4.69) is 0 Å². The lowest BCUT2D eigenvalue weighted by atomic mass is 9.51. The second kappa shape index (κ2) is 10.5. The molecule has 1 saturated carbocycles. The van der Waals surface area contributed by atoms with E-state index in [4.69, 9.17) is 16.3 Å². The number of benzene rings is 3. The van der Waals surface area contributed by atoms with Gasteiger partial charge in [-0.15, -0.1) is 0 Å². The van der Waals surface area contributed by atoms with Crippen LogP contribution in [-0.4, -0.2) is 40.8 Å². The third kappa shape index (κ3) is 4.04. The smallest absolute Gasteiger partial charge is 0.271 e. The highest BCUT2D eigenvalue weighted by Gasteiger charge is 2.67. The number of hydrogen-bond acceptors (Lipinski definition) is 8. The molecule has 1 N–H and O–H groups in total. The van der Waals surface area contributed by atoms with Crippen LogP contribution < -0.4 is 14.5 Å². The number of amides is 4. The Morgan fingerprint density at radius 1 is 0.935 bits per heavy atom. The van der Waals surface area contributed by atoms with Gasteiger partial charge in [-0.05, 0) is 61.6 Å². The molecule has 2 heterocycles. The summed E-state index contributed by atoms with van der Waals surface area (Å²) in [4.78, 5) is 69.8. The number of carbonyl (C=O) groups is 4. The number of nitro benzene ring substituents is 1. The number of halogens is 1. The van der Waals surface area contributed by atoms with Crippen LogP contribution in [0.4, 0.5) is 17.1 Å². The van der Waals surface area contributed by atoms with Crippen LogP contribution in [0.1, 0.15) is 31.2 Å². The molecule has 2 aliphatic heterocycles. The van der Waals surface area contributed by atoms with Gasteiger partial charge in [-0.3, -0.25) is 29.3 Å². The van der Waals surface area contributed by atoms with E-state index in [1.54, 1.807) is 49.4 Å². The van der Waals surface area contributed by atoms with Gasteiger partial charge in [-0.2, -0.15) is 0 Å². The van der Waals surface area contributed by atoms with Crippen molar-refractivity contribution in [1.82, 2.24) is 0 Å². The molecule has 4 aliphatic rings. The molecule has 4 amide bonds. The first-order valence-corrected chi connectivity index (χ1v) is 15.2. The van der Waals surface area contributed by atoms with Crippen molar-refractivity contribution < 1.29 is 33.9 Å². The summed E-state index contributed by atoms with van der Waals surface area (Å²) in [5.41, 5.74) is 0.210. The molecule has 46 heavy (non-hydrogen) atoms. The molecule has 6 unspecified atom stereocenters. The summed E-state index contributed by atoms with van der Waals surface area (Å²) in [7, 11) is 1.38. The number of ether oxygens (including phenoxy) is 1. The van der Waals surface area contributed by atoms with Crippen LogP contribution in [0.15, 0.2) is 78.4 Å². The predicted octanol–water partition coefficient (Wildman–Crippen LogP) is 5.40. The quantitative estimate of drug-likeness (QED) is 0.169. The third-order valence-corrected chi connectivity index (χ3v) is 10.5. The molecule has 0 radical (unpaired) electrons. The van der Waals surface area contributed by atoms with Crippen LogP contribution in [0, 0.1) is 39.2 Å². The number of anilines is 2. The fourth-order valence-electron chi connectivity index (χ4n) is 8.13. The summed E-state index contributed by atoms with van der Waals surface area (Å²) in [6, 6.07) is 17.1. The van der Waals surface area contributed by atoms with Crippen molar-refractivity contribution in [2.24, 2.45) is 29.1 Å². The molecule has 7 rings (SSSR count). The molecular weight excluding hydrogens is 614 g/mol. The molecule has 2 saturated heterocycles. The highest BCUT2D eigenvalue weighted by molar-refractivity contribution is 6.32. The first-order chi connectivity index (χ1) is 22.0. The van der Waals surface area contributed by atoms with Crippen molar-refractivity contribution in [3.05, 3.63) is 99.1 Å². The zero-order valence-electron chi connectivity index (χ0n) is 24.8. The summed E-state index contributed by atoms with van der Waals surface area (Å²) in [5, 5.41) is 22.0. The molecule has 0 spiro atoms. The number of rotatable bonds is 5. The standard InChI is InChI=1S/C34H28ClN3O8/c1-34-24(31(41)37(33(34)43)18-7-4-3-5-8-18)16-23-21(28(34)17-13-25(35)29(39)26(14-17)46-2)11-12-22-27(23)32(42)36(30(22)40)19-9-6-10-20(15-19)38(44)45/h3-11,13-15,22-24,27-28,39H,12,16H2,1-2H3. The lowest BCUT2D eigenvalue weighted by Gasteiger charge is -2.49. The van der Waals surface area contributed by atoms with Gasteiger partial charge >= 0.3 is 0 Å². The number of phenolic OH excluding ortho intramolecular Hbond substituents is 1. The average Bonchev–Trinajstić information content (AvgIpc) is 3.42. The number of phenols is 1. The van der Waals surface area contributed by atoms with Crippen LogP contribution in [0.5, 0.6) is 11.5 Å². The Morgan fingerprint density at radius 3 is 2.35 bits per heavy atom. The van der Waals surface area contributed by atoms with Crippen molar-refractivity contribution in [1.29, 1.82) is 0 Å². The Bertz CT molecular complexity index is 1890. The summed E-state index contributed by atoms with van der Waals surface area (Å²) < 4.78 is 5.40. The summed E-state index contributed by atoms with van der Waals surface area (Å²) in [6.07, 6.45) is 2.21. The fraction of sp³-hybridized carbons (Fsp3) is 0.294. The Labute approximate surface area is 268 Å². The number of hydrogen-bond donors (Lipinski definition) is 1. The third-order valence-electron chi connectivity index (χ3n) is 10.2. The summed E-state index contributed by atoms with van der Waals surface area (Å²) in [6.45, 7) is 1.75. The number of imide groups is 2. The van der Waals surface area contributed by atoms with Gasteiger partial charge in [0.2, 0.25) is 23.6 Å². The van der Waals surface area contributed by atoms with Gasteiger partial charge in [0.1, 0.15) is 0 Å². The van der Waals surface area contributed by atoms with E-state index >= 15 is 0 Å². The Morgan fingerprint density at radius 2 is 1.65 bits per heavy atom. The number of carbonyl (C=O) groups excluding carboxylic acids is 4. The van der Waals surface area contributed by atoms with Crippen molar-refractivity contribution >= 4 is 52.3 Å². The second-order valence-electron chi connectivity index (χ2n) is 12.3. The second-order valence-corrected chi connectivity index (χ2v) is 12.7. The maximum atomic E-state index is 14.5. The molecular formula is C34H28ClN3O8. The van der Waals surface area contributed by atoms with E-state index in [9.17, 15) is 34.4 Å². The minimum Gasteiger partial charge on any atom is -0.503 e. The van der Waals surface area contributed by atoms with Crippen LogP contribution in [-0.2, 0) is 19.2 Å². The van der Waals surface area contributed by atoms with Crippen molar-refractivity contribution in [2.45, 2.75) is 25.7 Å². The molecule has 234 valence electrons. The number of para-hydroxylation sites is 1. The Hall–Kier alpha value is -5.03. The lowest BCUT2D eigenvalue weighted by Crippen LogP contribution is -2.48. The van der Waals surface area contributed by atoms with Crippen LogP contribution in [0.3, 0.4) is 0 Å². The molecule has 3 aromatic rings. The average molecular weight is 642 g/mol. The SMILES string of the molecule is COc1cc(C2C3=CCC4C(=O)N(c5cccc([N+](=O)[O-])c5)C(=O)C4C3CC3C(=O)N(c4ccccc4)C(=O)C32C)cc(Cl)c1O. The maximum Gasteiger partial charge on any atom is 0.271 e. The predicted molar refractivity (Wildman–Crippen MR) is 166 cm³/mol. The molecule has 6 atom stereocenters. The molecule has 11 nitrogen and oxygen atoms in total. The highest BCUT2D eigenvalue weighted by Crippen LogP contribution is 2.64. The monoisotopic (exact) mass is 641 g/mol. The van der Waals surface area contributed by atoms with E-state index in [1.807, 2.05) is 6.08 Å². The van der Waals surface area contributed by atoms with E-state index < -0.39 is 63.6 Å². The van der Waals surface area contributed by atoms with Crippen molar-refractivity contribution in [2.75, 3.05) is 16.9 Å². The molecule has 2 aliphatic carbocycles. The Kier molecular flexibility index (Phi) is 6.78. The minimum atomic E-state index is -1.31. The summed E-state index contributed by atoms with van der Waals surface area (Å²) in [5.74, 6) is -5.82. The van der Waals surface area contributed by atoms with Crippen molar-refractivity contribution in [3.63, 3.8) is 0 Å². The number of nitro groups is 1. The topological polar surface area (TPSA) is 147 Å². The lowest BCUT2D eigenvalue weighted by molar-refractivity contribution is -0.384. The van der Waals surface area contributed by atoms with Crippen molar-refractivity contribution in [3.8, 4) is 11.5 Å². The zero-order valence-corrected chi connectivity index (χ0v) is 25.5. The molecule has 3 aromatic carbocycles. The Balaban J connectivity index is 1.38. The highest BCUT2D eigenvalue weighted by atomic mass is 35.5. The summed E-state index contributed by atoms with van der Waals surface area (Å²) >= 11 is 6.46. The molecule has 0 aromatic heterocycles. The van der Waals surface area contributed by atoms with Gasteiger partial charge in [0, 0.05) is 18.1 Å². The molecule has 0 bridgehead atoms. The first kappa shape index (κ1) is 29.7. The molecule has 3 fully saturated rings. The zero-order chi connectivity index (χ0) is 32.7. The first-order valence-electron chi connectivity index (χ1n) is 14.8. The van der Waals surface area contributed by atoms with Gasteiger partial charge in [0.15, 0.2) is 11.5 Å².